The lowest BCUT2D eigenvalue weighted by Gasteiger charge is -2.09. The number of carbonyl (C=O) groups is 2. The number of urea groups is 1. The molecule has 0 bridgehead atoms. The number of sulfone groups is 1. The van der Waals surface area contributed by atoms with Crippen LogP contribution >= 0.6 is 23.2 Å². The quantitative estimate of drug-likeness (QED) is 0.599. The number of imide groups is 1. The standard InChI is InChI=1S/C20H14Cl2N2O4S/c21-13-5-9-15(10-6-13)29(27,28)16-11-7-14(8-12-16)23-20(26)24-19(25)17-3-1-2-4-18(17)22/h1-12H,(H2,23,24,25,26). The topological polar surface area (TPSA) is 92.3 Å². The minimum Gasteiger partial charge on any atom is -0.308 e. The van der Waals surface area contributed by atoms with Gasteiger partial charge >= 0.3 is 6.03 Å². The highest BCUT2D eigenvalue weighted by Gasteiger charge is 2.18. The molecule has 0 unspecified atom stereocenters. The molecule has 0 heterocycles. The van der Waals surface area contributed by atoms with Crippen LogP contribution in [-0.4, -0.2) is 20.4 Å². The number of benzene rings is 3. The van der Waals surface area contributed by atoms with Crippen LogP contribution in [0.4, 0.5) is 10.5 Å². The number of rotatable bonds is 4. The van der Waals surface area contributed by atoms with Crippen LogP contribution in [0.2, 0.25) is 10.0 Å². The smallest absolute Gasteiger partial charge is 0.308 e. The summed E-state index contributed by atoms with van der Waals surface area (Å²) in [5, 5.41) is 5.27. The van der Waals surface area contributed by atoms with Crippen LogP contribution < -0.4 is 10.6 Å². The molecule has 3 aromatic rings. The maximum atomic E-state index is 12.6. The molecule has 0 fully saturated rings. The third kappa shape index (κ3) is 4.95. The molecule has 0 aromatic heterocycles. The molecule has 3 rings (SSSR count). The molecule has 0 aliphatic rings. The van der Waals surface area contributed by atoms with Crippen molar-refractivity contribution in [1.29, 1.82) is 0 Å². The maximum Gasteiger partial charge on any atom is 0.326 e. The Balaban J connectivity index is 1.69. The van der Waals surface area contributed by atoms with E-state index < -0.39 is 21.8 Å². The number of nitrogens with one attached hydrogen (secondary N) is 2. The Hall–Kier alpha value is -2.87. The summed E-state index contributed by atoms with van der Waals surface area (Å²) in [5.41, 5.74) is 0.471. The third-order valence-corrected chi connectivity index (χ3v) is 6.26. The average molecular weight is 449 g/mol. The zero-order valence-corrected chi connectivity index (χ0v) is 17.1. The van der Waals surface area contributed by atoms with Crippen molar-refractivity contribution in [2.45, 2.75) is 9.79 Å². The van der Waals surface area contributed by atoms with Gasteiger partial charge in [0.2, 0.25) is 9.84 Å². The van der Waals surface area contributed by atoms with Crippen molar-refractivity contribution in [2.75, 3.05) is 5.32 Å². The fraction of sp³-hybridized carbons (Fsp3) is 0. The summed E-state index contributed by atoms with van der Waals surface area (Å²) >= 11 is 11.7. The predicted molar refractivity (Wildman–Crippen MR) is 111 cm³/mol. The van der Waals surface area contributed by atoms with E-state index in [1.165, 1.54) is 60.7 Å². The molecule has 0 spiro atoms. The van der Waals surface area contributed by atoms with Crippen LogP contribution in [0.1, 0.15) is 10.4 Å². The Bertz CT molecular complexity index is 1160. The van der Waals surface area contributed by atoms with Gasteiger partial charge in [0.05, 0.1) is 20.4 Å². The Kier molecular flexibility index (Phi) is 6.22. The molecule has 2 N–H and O–H groups in total. The minimum atomic E-state index is -3.72. The van der Waals surface area contributed by atoms with Gasteiger partial charge in [0, 0.05) is 10.7 Å². The Morgan fingerprint density at radius 3 is 1.90 bits per heavy atom. The van der Waals surface area contributed by atoms with Crippen LogP contribution in [0.15, 0.2) is 82.6 Å². The summed E-state index contributed by atoms with van der Waals surface area (Å²) in [6, 6.07) is 16.9. The lowest BCUT2D eigenvalue weighted by atomic mass is 10.2. The number of amides is 3. The largest absolute Gasteiger partial charge is 0.326 e. The highest BCUT2D eigenvalue weighted by Crippen LogP contribution is 2.23. The molecule has 0 aliphatic carbocycles. The minimum absolute atomic E-state index is 0.0536. The predicted octanol–water partition coefficient (Wildman–Crippen LogP) is 4.79. The second-order valence-corrected chi connectivity index (χ2v) is 8.66. The first-order chi connectivity index (χ1) is 13.8. The van der Waals surface area contributed by atoms with Gasteiger partial charge in [0.15, 0.2) is 0 Å². The second-order valence-electron chi connectivity index (χ2n) is 5.87. The van der Waals surface area contributed by atoms with Crippen LogP contribution in [0.25, 0.3) is 0 Å². The summed E-state index contributed by atoms with van der Waals surface area (Å²) in [5.74, 6) is -0.657. The molecule has 0 saturated carbocycles. The van der Waals surface area contributed by atoms with E-state index in [0.29, 0.717) is 10.7 Å². The van der Waals surface area contributed by atoms with E-state index in [9.17, 15) is 18.0 Å². The Labute approximate surface area is 177 Å². The van der Waals surface area contributed by atoms with Crippen molar-refractivity contribution in [1.82, 2.24) is 5.32 Å². The molecular weight excluding hydrogens is 435 g/mol. The first-order valence-corrected chi connectivity index (χ1v) is 10.5. The lowest BCUT2D eigenvalue weighted by Crippen LogP contribution is -2.34. The first kappa shape index (κ1) is 20.9. The van der Waals surface area contributed by atoms with Crippen molar-refractivity contribution < 1.29 is 18.0 Å². The van der Waals surface area contributed by atoms with Crippen molar-refractivity contribution in [3.63, 3.8) is 0 Å². The van der Waals surface area contributed by atoms with Gasteiger partial charge in [-0.2, -0.15) is 0 Å². The summed E-state index contributed by atoms with van der Waals surface area (Å²) in [6.07, 6.45) is 0. The fourth-order valence-corrected chi connectivity index (χ4v) is 4.05. The van der Waals surface area contributed by atoms with Crippen LogP contribution in [0, 0.1) is 0 Å². The first-order valence-electron chi connectivity index (χ1n) is 8.25. The molecule has 29 heavy (non-hydrogen) atoms. The Morgan fingerprint density at radius 2 is 1.31 bits per heavy atom. The van der Waals surface area contributed by atoms with Gasteiger partial charge in [0.1, 0.15) is 0 Å². The van der Waals surface area contributed by atoms with Gasteiger partial charge in [-0.15, -0.1) is 0 Å². The van der Waals surface area contributed by atoms with Crippen LogP contribution in [-0.2, 0) is 9.84 Å². The number of anilines is 1. The molecule has 3 aromatic carbocycles. The average Bonchev–Trinajstić information content (AvgIpc) is 2.69. The van der Waals surface area contributed by atoms with Gasteiger partial charge in [-0.3, -0.25) is 10.1 Å². The van der Waals surface area contributed by atoms with E-state index in [1.54, 1.807) is 12.1 Å². The number of halogens is 2. The van der Waals surface area contributed by atoms with E-state index in [1.807, 2.05) is 0 Å². The molecule has 3 amide bonds. The summed E-state index contributed by atoms with van der Waals surface area (Å²) < 4.78 is 25.2. The van der Waals surface area contributed by atoms with Gasteiger partial charge in [-0.05, 0) is 60.7 Å². The van der Waals surface area contributed by atoms with Crippen molar-refractivity contribution in [2.24, 2.45) is 0 Å². The van der Waals surface area contributed by atoms with Gasteiger partial charge < -0.3 is 5.32 Å². The second kappa shape index (κ2) is 8.65. The Morgan fingerprint density at radius 1 is 0.759 bits per heavy atom. The van der Waals surface area contributed by atoms with Gasteiger partial charge in [0.25, 0.3) is 5.91 Å². The molecule has 0 saturated heterocycles. The van der Waals surface area contributed by atoms with Crippen LogP contribution in [0.5, 0.6) is 0 Å². The molecule has 6 nitrogen and oxygen atoms in total. The highest BCUT2D eigenvalue weighted by molar-refractivity contribution is 7.91. The summed E-state index contributed by atoms with van der Waals surface area (Å²) in [4.78, 5) is 24.3. The van der Waals surface area contributed by atoms with Crippen molar-refractivity contribution in [3.8, 4) is 0 Å². The number of carbonyl (C=O) groups excluding carboxylic acids is 2. The number of hydrogen-bond donors (Lipinski definition) is 2. The van der Waals surface area contributed by atoms with E-state index in [0.717, 1.165) is 0 Å². The molecule has 148 valence electrons. The fourth-order valence-electron chi connectivity index (χ4n) is 2.45. The maximum absolute atomic E-state index is 12.6. The van der Waals surface area contributed by atoms with Gasteiger partial charge in [-0.1, -0.05) is 35.3 Å². The normalized spacial score (nSPS) is 11.0. The summed E-state index contributed by atoms with van der Waals surface area (Å²) in [6.45, 7) is 0. The molecule has 9 heteroatoms. The molecule has 0 aliphatic heterocycles. The summed E-state index contributed by atoms with van der Waals surface area (Å²) in [7, 11) is -3.72. The van der Waals surface area contributed by atoms with E-state index in [2.05, 4.69) is 10.6 Å². The third-order valence-electron chi connectivity index (χ3n) is 3.89. The number of hydrogen-bond acceptors (Lipinski definition) is 4. The molecule has 0 radical (unpaired) electrons. The van der Waals surface area contributed by atoms with E-state index in [-0.39, 0.29) is 20.4 Å². The molecular formula is C20H14Cl2N2O4S. The van der Waals surface area contributed by atoms with Crippen molar-refractivity contribution in [3.05, 3.63) is 88.4 Å². The van der Waals surface area contributed by atoms with Crippen molar-refractivity contribution >= 4 is 50.7 Å². The monoisotopic (exact) mass is 448 g/mol. The lowest BCUT2D eigenvalue weighted by molar-refractivity contribution is 0.0967. The van der Waals surface area contributed by atoms with Crippen LogP contribution in [0.3, 0.4) is 0 Å². The van der Waals surface area contributed by atoms with E-state index in [4.69, 9.17) is 23.2 Å². The van der Waals surface area contributed by atoms with Gasteiger partial charge in [-0.25, -0.2) is 13.2 Å². The highest BCUT2D eigenvalue weighted by atomic mass is 35.5. The zero-order valence-electron chi connectivity index (χ0n) is 14.7. The zero-order chi connectivity index (χ0) is 21.0. The molecule has 0 atom stereocenters. The SMILES string of the molecule is O=C(NC(=O)c1ccccc1Cl)Nc1ccc(S(=O)(=O)c2ccc(Cl)cc2)cc1. The van der Waals surface area contributed by atoms with E-state index >= 15 is 0 Å².